The Bertz CT molecular complexity index is 342. The Morgan fingerprint density at radius 3 is 2.73 bits per heavy atom. The number of guanidine groups is 1. The van der Waals surface area contributed by atoms with Gasteiger partial charge >= 0.3 is 0 Å². The van der Waals surface area contributed by atoms with E-state index in [2.05, 4.69) is 20.9 Å². The molecule has 2 heterocycles. The molecule has 0 aromatic rings. The van der Waals surface area contributed by atoms with Gasteiger partial charge in [0.25, 0.3) is 5.91 Å². The number of hydrogen-bond donors (Lipinski definition) is 0. The van der Waals surface area contributed by atoms with Crippen LogP contribution in [-0.4, -0.2) is 53.0 Å². The number of carbonyl (C=O) groups excluding carboxylic acids is 2. The average Bonchev–Trinajstić information content (AvgIpc) is 2.69. The lowest BCUT2D eigenvalue weighted by molar-refractivity contribution is -0.124. The van der Waals surface area contributed by atoms with Crippen molar-refractivity contribution in [3.05, 3.63) is 0 Å². The first-order valence-electron chi connectivity index (χ1n) is 4.81. The number of likely N-dealkylation sites (tertiary alicyclic amines) is 1. The van der Waals surface area contributed by atoms with E-state index < -0.39 is 0 Å². The van der Waals surface area contributed by atoms with Gasteiger partial charge < -0.3 is 4.90 Å². The molecule has 1 unspecified atom stereocenters. The van der Waals surface area contributed by atoms with Crippen molar-refractivity contribution in [3.63, 3.8) is 0 Å². The second-order valence-corrected chi connectivity index (χ2v) is 4.54. The van der Waals surface area contributed by atoms with Crippen LogP contribution in [0.25, 0.3) is 0 Å². The lowest BCUT2D eigenvalue weighted by Crippen LogP contribution is -2.40. The van der Waals surface area contributed by atoms with Crippen LogP contribution in [-0.2, 0) is 9.59 Å². The topological polar surface area (TPSA) is 53.0 Å². The predicted molar refractivity (Wildman–Crippen MR) is 58.7 cm³/mol. The molecule has 0 N–H and O–H groups in total. The second-order valence-electron chi connectivity index (χ2n) is 3.89. The summed E-state index contributed by atoms with van der Waals surface area (Å²) in [5, 5.41) is 0.806. The summed E-state index contributed by atoms with van der Waals surface area (Å²) in [7, 11) is 1.78. The molecule has 0 aromatic heterocycles. The van der Waals surface area contributed by atoms with Crippen molar-refractivity contribution in [2.24, 2.45) is 10.9 Å². The van der Waals surface area contributed by atoms with Crippen molar-refractivity contribution in [1.82, 2.24) is 9.80 Å². The molecule has 0 spiro atoms. The summed E-state index contributed by atoms with van der Waals surface area (Å²) in [5.74, 6) is 0.708. The van der Waals surface area contributed by atoms with Crippen molar-refractivity contribution in [3.8, 4) is 0 Å². The zero-order valence-corrected chi connectivity index (χ0v) is 10.0. The first-order chi connectivity index (χ1) is 7.11. The minimum Gasteiger partial charge on any atom is -0.336 e. The summed E-state index contributed by atoms with van der Waals surface area (Å²) in [6, 6.07) is 0. The van der Waals surface area contributed by atoms with Crippen molar-refractivity contribution in [1.29, 1.82) is 0 Å². The van der Waals surface area contributed by atoms with E-state index in [1.807, 2.05) is 0 Å². The predicted octanol–water partition coefficient (Wildman–Crippen LogP) is 0.0578. The van der Waals surface area contributed by atoms with E-state index in [-0.39, 0.29) is 18.4 Å². The molecule has 0 bridgehead atoms. The fourth-order valence-electron chi connectivity index (χ4n) is 1.85. The number of alkyl halides is 1. The maximum atomic E-state index is 11.7. The number of amides is 2. The number of rotatable bonds is 1. The number of aliphatic imine (C=N–C) groups is 1. The molecule has 2 amide bonds. The van der Waals surface area contributed by atoms with Gasteiger partial charge in [-0.1, -0.05) is 15.9 Å². The first kappa shape index (κ1) is 10.6. The van der Waals surface area contributed by atoms with Gasteiger partial charge in [0.15, 0.2) is 0 Å². The number of likely N-dealkylation sites (N-methyl/N-ethyl adjacent to an activating group) is 1. The van der Waals surface area contributed by atoms with Crippen LogP contribution in [0.2, 0.25) is 0 Å². The lowest BCUT2D eigenvalue weighted by Gasteiger charge is -2.21. The smallest absolute Gasteiger partial charge is 0.268 e. The molecule has 82 valence electrons. The third-order valence-corrected chi connectivity index (χ3v) is 3.52. The molecule has 0 aromatic carbocycles. The van der Waals surface area contributed by atoms with Crippen LogP contribution in [0.4, 0.5) is 0 Å². The highest BCUT2D eigenvalue weighted by Crippen LogP contribution is 2.21. The van der Waals surface area contributed by atoms with Gasteiger partial charge in [0.1, 0.15) is 6.54 Å². The maximum absolute atomic E-state index is 11.7. The number of halogens is 1. The van der Waals surface area contributed by atoms with Crippen LogP contribution in [0.5, 0.6) is 0 Å². The molecule has 0 radical (unpaired) electrons. The average molecular weight is 274 g/mol. The van der Waals surface area contributed by atoms with Crippen LogP contribution in [0.3, 0.4) is 0 Å². The van der Waals surface area contributed by atoms with E-state index in [9.17, 15) is 9.59 Å². The fraction of sp³-hybridized carbons (Fsp3) is 0.667. The Morgan fingerprint density at radius 1 is 1.53 bits per heavy atom. The van der Waals surface area contributed by atoms with Crippen molar-refractivity contribution >= 4 is 33.7 Å². The highest BCUT2D eigenvalue weighted by atomic mass is 79.9. The van der Waals surface area contributed by atoms with Crippen LogP contribution in [0.15, 0.2) is 4.99 Å². The summed E-state index contributed by atoms with van der Waals surface area (Å²) in [6.07, 6.45) is 0.534. The normalized spacial score (nSPS) is 26.5. The zero-order valence-electron chi connectivity index (χ0n) is 8.44. The monoisotopic (exact) mass is 273 g/mol. The quantitative estimate of drug-likeness (QED) is 0.635. The Kier molecular flexibility index (Phi) is 2.77. The minimum atomic E-state index is -0.178. The third kappa shape index (κ3) is 1.90. The van der Waals surface area contributed by atoms with E-state index in [1.54, 1.807) is 16.8 Å². The molecule has 2 rings (SSSR count). The number of hydrogen-bond acceptors (Lipinski definition) is 3. The largest absolute Gasteiger partial charge is 0.336 e. The van der Waals surface area contributed by atoms with E-state index >= 15 is 0 Å². The van der Waals surface area contributed by atoms with Crippen LogP contribution in [0, 0.1) is 5.92 Å². The summed E-state index contributed by atoms with van der Waals surface area (Å²) < 4.78 is 0. The highest BCUT2D eigenvalue weighted by molar-refractivity contribution is 9.09. The number of carbonyl (C=O) groups is 2. The molecule has 0 saturated carbocycles. The van der Waals surface area contributed by atoms with Crippen molar-refractivity contribution < 1.29 is 9.59 Å². The van der Waals surface area contributed by atoms with Gasteiger partial charge in [-0.2, -0.15) is 4.99 Å². The van der Waals surface area contributed by atoms with Crippen molar-refractivity contribution in [2.75, 3.05) is 25.5 Å². The SMILES string of the molecule is CN1CC(=O)N=C1N1CC(CBr)CC1=O. The van der Waals surface area contributed by atoms with Crippen molar-refractivity contribution in [2.45, 2.75) is 6.42 Å². The zero-order chi connectivity index (χ0) is 11.0. The molecule has 2 aliphatic rings. The Labute approximate surface area is 96.3 Å². The molecule has 15 heavy (non-hydrogen) atoms. The summed E-state index contributed by atoms with van der Waals surface area (Å²) in [4.78, 5) is 30.0. The van der Waals surface area contributed by atoms with Crippen LogP contribution >= 0.6 is 15.9 Å². The molecule has 1 fully saturated rings. The van der Waals surface area contributed by atoms with Gasteiger partial charge in [0, 0.05) is 25.3 Å². The Balaban J connectivity index is 2.15. The maximum Gasteiger partial charge on any atom is 0.268 e. The molecule has 2 aliphatic heterocycles. The molecular formula is C9H12BrN3O2. The fourth-order valence-corrected chi connectivity index (χ4v) is 2.28. The second kappa shape index (κ2) is 3.92. The molecule has 1 atom stereocenters. The summed E-state index contributed by atoms with van der Waals surface area (Å²) >= 11 is 3.37. The van der Waals surface area contributed by atoms with Gasteiger partial charge in [0.05, 0.1) is 0 Å². The standard InChI is InChI=1S/C9H12BrN3O2/c1-12-5-7(14)11-9(12)13-4-6(3-10)2-8(13)15/h6H,2-5H2,1H3. The number of nitrogens with zero attached hydrogens (tertiary/aromatic N) is 3. The van der Waals surface area contributed by atoms with E-state index in [4.69, 9.17) is 0 Å². The Morgan fingerprint density at radius 2 is 2.27 bits per heavy atom. The van der Waals surface area contributed by atoms with Gasteiger partial charge in [0.2, 0.25) is 11.9 Å². The first-order valence-corrected chi connectivity index (χ1v) is 5.93. The molecule has 0 aliphatic carbocycles. The molecule has 1 saturated heterocycles. The van der Waals surface area contributed by atoms with Gasteiger partial charge in [-0.3, -0.25) is 14.5 Å². The Hall–Kier alpha value is -0.910. The van der Waals surface area contributed by atoms with E-state index in [1.165, 1.54) is 0 Å². The highest BCUT2D eigenvalue weighted by Gasteiger charge is 2.36. The van der Waals surface area contributed by atoms with Gasteiger partial charge in [-0.05, 0) is 5.92 Å². The minimum absolute atomic E-state index is 0.0553. The molecule has 5 nitrogen and oxygen atoms in total. The van der Waals surface area contributed by atoms with Crippen LogP contribution < -0.4 is 0 Å². The summed E-state index contributed by atoms with van der Waals surface area (Å²) in [6.45, 7) is 0.929. The van der Waals surface area contributed by atoms with E-state index in [0.717, 1.165) is 5.33 Å². The third-order valence-electron chi connectivity index (χ3n) is 2.60. The van der Waals surface area contributed by atoms with Crippen LogP contribution in [0.1, 0.15) is 6.42 Å². The molecular weight excluding hydrogens is 262 g/mol. The lowest BCUT2D eigenvalue weighted by atomic mass is 10.2. The van der Waals surface area contributed by atoms with Gasteiger partial charge in [-0.25, -0.2) is 0 Å². The molecule has 6 heteroatoms. The van der Waals surface area contributed by atoms with Gasteiger partial charge in [-0.15, -0.1) is 0 Å². The summed E-state index contributed by atoms with van der Waals surface area (Å²) in [5.41, 5.74) is 0. The van der Waals surface area contributed by atoms with E-state index in [0.29, 0.717) is 24.8 Å².